The normalized spacial score (nSPS) is 13.4. The van der Waals surface area contributed by atoms with Crippen molar-refractivity contribution in [3.63, 3.8) is 0 Å². The van der Waals surface area contributed by atoms with Gasteiger partial charge in [0.1, 0.15) is 21.9 Å². The van der Waals surface area contributed by atoms with Crippen molar-refractivity contribution in [3.8, 4) is 0 Å². The molecule has 6 heteroatoms. The third kappa shape index (κ3) is 3.15. The lowest BCUT2D eigenvalue weighted by Crippen LogP contribution is -2.25. The van der Waals surface area contributed by atoms with Gasteiger partial charge in [-0.2, -0.15) is 0 Å². The van der Waals surface area contributed by atoms with Crippen LogP contribution >= 0.6 is 11.3 Å². The van der Waals surface area contributed by atoms with E-state index in [-0.39, 0.29) is 5.41 Å². The Morgan fingerprint density at radius 1 is 1.43 bits per heavy atom. The molecule has 0 radical (unpaired) electrons. The van der Waals surface area contributed by atoms with Gasteiger partial charge in [0.25, 0.3) is 0 Å². The molecular weight excluding hydrogens is 286 g/mol. The van der Waals surface area contributed by atoms with Gasteiger partial charge in [-0.15, -0.1) is 11.3 Å². The lowest BCUT2D eigenvalue weighted by atomic mass is 9.82. The molecule has 0 aromatic carbocycles. The van der Waals surface area contributed by atoms with E-state index in [1.165, 1.54) is 17.7 Å². The van der Waals surface area contributed by atoms with Gasteiger partial charge in [0.2, 0.25) is 0 Å². The second kappa shape index (κ2) is 5.60. The van der Waals surface area contributed by atoms with Crippen LogP contribution < -0.4 is 5.32 Å². The molecule has 1 atom stereocenters. The van der Waals surface area contributed by atoms with Crippen LogP contribution in [0.4, 0.5) is 5.82 Å². The Kier molecular flexibility index (Phi) is 4.18. The van der Waals surface area contributed by atoms with E-state index in [4.69, 9.17) is 0 Å². The molecule has 0 spiro atoms. The van der Waals surface area contributed by atoms with Gasteiger partial charge in [0.15, 0.2) is 0 Å². The Labute approximate surface area is 128 Å². The molecule has 0 bridgehead atoms. The highest BCUT2D eigenvalue weighted by Crippen LogP contribution is 2.33. The molecule has 0 saturated carbocycles. The maximum atomic E-state index is 11.2. The van der Waals surface area contributed by atoms with E-state index < -0.39 is 5.97 Å². The first kappa shape index (κ1) is 15.7. The average molecular weight is 307 g/mol. The van der Waals surface area contributed by atoms with Crippen LogP contribution in [0.1, 0.15) is 42.9 Å². The van der Waals surface area contributed by atoms with E-state index in [1.54, 1.807) is 0 Å². The molecular formula is C15H21N3O2S. The number of nitrogens with one attached hydrogen (secondary N) is 1. The summed E-state index contributed by atoms with van der Waals surface area (Å²) in [5.41, 5.74) is 0.934. The van der Waals surface area contributed by atoms with Crippen molar-refractivity contribution in [1.82, 2.24) is 9.97 Å². The van der Waals surface area contributed by atoms with Crippen LogP contribution in [0.25, 0.3) is 10.2 Å². The molecule has 2 heterocycles. The maximum absolute atomic E-state index is 11.2. The van der Waals surface area contributed by atoms with E-state index in [9.17, 15) is 9.90 Å². The summed E-state index contributed by atoms with van der Waals surface area (Å²) in [6.45, 7) is 11.4. The van der Waals surface area contributed by atoms with Crippen molar-refractivity contribution >= 4 is 33.3 Å². The molecule has 0 amide bonds. The molecule has 1 unspecified atom stereocenters. The first-order valence-corrected chi connectivity index (χ1v) is 7.74. The zero-order valence-electron chi connectivity index (χ0n) is 13.0. The van der Waals surface area contributed by atoms with Gasteiger partial charge in [0, 0.05) is 6.54 Å². The van der Waals surface area contributed by atoms with Gasteiger partial charge in [-0.25, -0.2) is 14.8 Å². The van der Waals surface area contributed by atoms with Crippen molar-refractivity contribution in [2.75, 3.05) is 11.9 Å². The number of hydrogen-bond acceptors (Lipinski definition) is 5. The topological polar surface area (TPSA) is 75.1 Å². The summed E-state index contributed by atoms with van der Waals surface area (Å²) in [5, 5.41) is 13.4. The number of carbonyl (C=O) groups is 1. The molecule has 2 aromatic heterocycles. The number of thiophene rings is 1. The van der Waals surface area contributed by atoms with Crippen LogP contribution in [0.15, 0.2) is 6.33 Å². The maximum Gasteiger partial charge on any atom is 0.346 e. The van der Waals surface area contributed by atoms with Gasteiger partial charge in [0.05, 0.1) is 5.39 Å². The van der Waals surface area contributed by atoms with Gasteiger partial charge in [-0.3, -0.25) is 0 Å². The molecule has 2 rings (SSSR count). The molecule has 0 saturated heterocycles. The Morgan fingerprint density at radius 2 is 2.10 bits per heavy atom. The number of aromatic carboxylic acids is 1. The zero-order valence-corrected chi connectivity index (χ0v) is 13.8. The summed E-state index contributed by atoms with van der Waals surface area (Å²) >= 11 is 1.20. The summed E-state index contributed by atoms with van der Waals surface area (Å²) in [6.07, 6.45) is 1.48. The molecule has 21 heavy (non-hydrogen) atoms. The van der Waals surface area contributed by atoms with E-state index in [2.05, 4.69) is 43.0 Å². The van der Waals surface area contributed by atoms with Crippen LogP contribution in [0, 0.1) is 18.3 Å². The molecule has 0 fully saturated rings. The predicted octanol–water partition coefficient (Wildman–Crippen LogP) is 3.79. The second-order valence-corrected chi connectivity index (χ2v) is 7.41. The quantitative estimate of drug-likeness (QED) is 0.898. The van der Waals surface area contributed by atoms with Crippen LogP contribution in [0.2, 0.25) is 0 Å². The van der Waals surface area contributed by atoms with E-state index >= 15 is 0 Å². The zero-order chi connectivity index (χ0) is 15.8. The predicted molar refractivity (Wildman–Crippen MR) is 86.2 cm³/mol. The number of rotatable bonds is 4. The lowest BCUT2D eigenvalue weighted by molar-refractivity contribution is 0.0701. The van der Waals surface area contributed by atoms with Gasteiger partial charge in [-0.05, 0) is 23.8 Å². The average Bonchev–Trinajstić information content (AvgIpc) is 2.73. The molecule has 114 valence electrons. The lowest BCUT2D eigenvalue weighted by Gasteiger charge is -2.27. The van der Waals surface area contributed by atoms with Crippen LogP contribution in [-0.4, -0.2) is 27.6 Å². The van der Waals surface area contributed by atoms with Crippen LogP contribution in [-0.2, 0) is 0 Å². The van der Waals surface area contributed by atoms with Crippen molar-refractivity contribution in [2.45, 2.75) is 34.6 Å². The SMILES string of the molecule is Cc1c(C(=O)O)sc2ncnc(NCC(C)C(C)(C)C)c12. The Hall–Kier alpha value is -1.69. The monoisotopic (exact) mass is 307 g/mol. The summed E-state index contributed by atoms with van der Waals surface area (Å²) in [6, 6.07) is 0. The number of aromatic nitrogens is 2. The Morgan fingerprint density at radius 3 is 2.67 bits per heavy atom. The van der Waals surface area contributed by atoms with E-state index in [0.717, 1.165) is 23.3 Å². The molecule has 0 aliphatic heterocycles. The van der Waals surface area contributed by atoms with Gasteiger partial charge >= 0.3 is 5.97 Å². The van der Waals surface area contributed by atoms with Crippen LogP contribution in [0.3, 0.4) is 0 Å². The Balaban J connectivity index is 2.35. The second-order valence-electron chi connectivity index (χ2n) is 6.41. The minimum absolute atomic E-state index is 0.203. The highest BCUT2D eigenvalue weighted by atomic mass is 32.1. The number of fused-ring (bicyclic) bond motifs is 1. The van der Waals surface area contributed by atoms with Crippen molar-refractivity contribution in [1.29, 1.82) is 0 Å². The number of nitrogens with zero attached hydrogens (tertiary/aromatic N) is 2. The minimum Gasteiger partial charge on any atom is -0.477 e. The summed E-state index contributed by atoms with van der Waals surface area (Å²) < 4.78 is 0. The largest absolute Gasteiger partial charge is 0.477 e. The fraction of sp³-hybridized carbons (Fsp3) is 0.533. The summed E-state index contributed by atoms with van der Waals surface area (Å²) in [4.78, 5) is 20.8. The van der Waals surface area contributed by atoms with Crippen molar-refractivity contribution in [3.05, 3.63) is 16.8 Å². The van der Waals surface area contributed by atoms with Gasteiger partial charge in [-0.1, -0.05) is 27.7 Å². The highest BCUT2D eigenvalue weighted by molar-refractivity contribution is 7.20. The molecule has 5 nitrogen and oxygen atoms in total. The minimum atomic E-state index is -0.912. The number of carboxylic acid groups (broad SMARTS) is 1. The van der Waals surface area contributed by atoms with Crippen molar-refractivity contribution < 1.29 is 9.90 Å². The third-order valence-electron chi connectivity index (χ3n) is 3.98. The van der Waals surface area contributed by atoms with Crippen molar-refractivity contribution in [2.24, 2.45) is 11.3 Å². The van der Waals surface area contributed by atoms with Crippen LogP contribution in [0.5, 0.6) is 0 Å². The highest BCUT2D eigenvalue weighted by Gasteiger charge is 2.22. The van der Waals surface area contributed by atoms with E-state index in [1.807, 2.05) is 6.92 Å². The molecule has 0 aliphatic carbocycles. The number of aryl methyl sites for hydroxylation is 1. The summed E-state index contributed by atoms with van der Waals surface area (Å²) in [5.74, 6) is 0.266. The third-order valence-corrected chi connectivity index (χ3v) is 5.16. The number of hydrogen-bond donors (Lipinski definition) is 2. The smallest absolute Gasteiger partial charge is 0.346 e. The standard InChI is InChI=1S/C15H21N3O2S/c1-8(15(3,4)5)6-16-12-10-9(2)11(14(19)20)21-13(10)18-7-17-12/h7-8H,6H2,1-5H3,(H,19,20)(H,16,17,18). The fourth-order valence-corrected chi connectivity index (χ4v) is 2.95. The Bertz CT molecular complexity index is 673. The van der Waals surface area contributed by atoms with Gasteiger partial charge < -0.3 is 10.4 Å². The molecule has 0 aliphatic rings. The fourth-order valence-electron chi connectivity index (χ4n) is 1.97. The number of carboxylic acids is 1. The summed E-state index contributed by atoms with van der Waals surface area (Å²) in [7, 11) is 0. The molecule has 2 N–H and O–H groups in total. The first-order valence-electron chi connectivity index (χ1n) is 6.93. The number of anilines is 1. The van der Waals surface area contributed by atoms with E-state index in [0.29, 0.717) is 15.6 Å². The molecule has 2 aromatic rings. The first-order chi connectivity index (χ1) is 9.71.